The number of rotatable bonds is 5. The first-order valence-electron chi connectivity index (χ1n) is 5.80. The van der Waals surface area contributed by atoms with Gasteiger partial charge in [-0.3, -0.25) is 0 Å². The monoisotopic (exact) mass is 321 g/mol. The fraction of sp³-hybridized carbons (Fsp3) is 0.154. The first kappa shape index (κ1) is 21.3. The second kappa shape index (κ2) is 10.1. The van der Waals surface area contributed by atoms with Gasteiger partial charge in [0.1, 0.15) is 5.82 Å². The van der Waals surface area contributed by atoms with E-state index in [9.17, 15) is 19.4 Å². The summed E-state index contributed by atoms with van der Waals surface area (Å²) in [5, 5.41) is 24.6. The number of benzene rings is 1. The average molecular weight is 321 g/mol. The normalized spacial score (nSPS) is 9.32. The molecule has 0 spiro atoms. The van der Waals surface area contributed by atoms with Crippen LogP contribution in [0.4, 0.5) is 10.3 Å². The van der Waals surface area contributed by atoms with E-state index in [2.05, 4.69) is 15.3 Å². The minimum Gasteiger partial charge on any atom is -0.858 e. The molecular weight excluding hydrogens is 311 g/mol. The van der Waals surface area contributed by atoms with Crippen LogP contribution in [0.1, 0.15) is 15.9 Å². The van der Waals surface area contributed by atoms with Gasteiger partial charge in [-0.25, -0.2) is 14.4 Å². The third kappa shape index (κ3) is 6.20. The molecule has 0 unspecified atom stereocenters. The molecule has 2 rings (SSSR count). The molecule has 0 aliphatic rings. The van der Waals surface area contributed by atoms with Crippen LogP contribution in [0.5, 0.6) is 5.88 Å². The molecule has 22 heavy (non-hydrogen) atoms. The minimum atomic E-state index is -1.60. The van der Waals surface area contributed by atoms with Gasteiger partial charge in [0, 0.05) is 24.2 Å². The number of aromatic nitrogens is 2. The van der Waals surface area contributed by atoms with Crippen LogP contribution in [0.25, 0.3) is 0 Å². The third-order valence-corrected chi connectivity index (χ3v) is 2.58. The van der Waals surface area contributed by atoms with Crippen molar-refractivity contribution in [3.05, 3.63) is 47.4 Å². The minimum absolute atomic E-state index is 0. The van der Waals surface area contributed by atoms with Crippen LogP contribution >= 0.6 is 0 Å². The van der Waals surface area contributed by atoms with Crippen molar-refractivity contribution < 1.29 is 78.5 Å². The second-order valence-electron chi connectivity index (χ2n) is 4.00. The zero-order valence-electron chi connectivity index (χ0n) is 12.3. The average Bonchev–Trinajstić information content (AvgIpc) is 2.41. The summed E-state index contributed by atoms with van der Waals surface area (Å²) in [5.41, 5.74) is 0.335. The Hall–Kier alpha value is -0.700. The Morgan fingerprint density at radius 2 is 1.86 bits per heavy atom. The van der Waals surface area contributed by atoms with E-state index in [1.807, 2.05) is 0 Å². The maximum atomic E-state index is 12.7. The molecule has 0 radical (unpaired) electrons. The van der Waals surface area contributed by atoms with E-state index in [0.29, 0.717) is 13.0 Å². The van der Waals surface area contributed by atoms with E-state index >= 15 is 0 Å². The van der Waals surface area contributed by atoms with Crippen molar-refractivity contribution in [2.24, 2.45) is 0 Å². The largest absolute Gasteiger partial charge is 1.00 e. The molecule has 2 aromatic rings. The molecule has 0 aliphatic heterocycles. The second-order valence-corrected chi connectivity index (χ2v) is 4.00. The molecule has 9 heteroatoms. The Morgan fingerprint density at radius 1 is 1.23 bits per heavy atom. The summed E-state index contributed by atoms with van der Waals surface area (Å²) in [6, 6.07) is 6.01. The molecule has 0 aliphatic carbocycles. The Morgan fingerprint density at radius 3 is 2.41 bits per heavy atom. The molecule has 0 amide bonds. The zero-order valence-corrected chi connectivity index (χ0v) is 16.3. The molecule has 104 valence electrons. The van der Waals surface area contributed by atoms with Crippen molar-refractivity contribution in [3.8, 4) is 5.88 Å². The van der Waals surface area contributed by atoms with Crippen molar-refractivity contribution in [1.29, 1.82) is 0 Å². The molecule has 0 saturated carbocycles. The van der Waals surface area contributed by atoms with Gasteiger partial charge in [-0.15, -0.1) is 0 Å². The van der Waals surface area contributed by atoms with Crippen molar-refractivity contribution in [1.82, 2.24) is 9.97 Å². The van der Waals surface area contributed by atoms with Crippen molar-refractivity contribution in [2.75, 3.05) is 11.9 Å². The van der Waals surface area contributed by atoms with Crippen molar-refractivity contribution in [2.45, 2.75) is 6.42 Å². The van der Waals surface area contributed by atoms with Crippen LogP contribution in [0, 0.1) is 5.82 Å². The summed E-state index contributed by atoms with van der Waals surface area (Å²) in [5.74, 6) is -2.77. The van der Waals surface area contributed by atoms with Crippen LogP contribution in [0.15, 0.2) is 30.5 Å². The smallest absolute Gasteiger partial charge is 0.858 e. The van der Waals surface area contributed by atoms with Crippen LogP contribution < -0.4 is 74.6 Å². The number of aromatic carboxylic acids is 1. The first-order valence-corrected chi connectivity index (χ1v) is 5.80. The van der Waals surface area contributed by atoms with Gasteiger partial charge >= 0.3 is 59.1 Å². The Labute approximate surface area is 170 Å². The quantitative estimate of drug-likeness (QED) is 0.550. The first-order chi connectivity index (χ1) is 9.56. The summed E-state index contributed by atoms with van der Waals surface area (Å²) < 4.78 is 12.7. The van der Waals surface area contributed by atoms with Crippen molar-refractivity contribution in [3.63, 3.8) is 0 Å². The van der Waals surface area contributed by atoms with Gasteiger partial charge in [-0.05, 0) is 24.1 Å². The van der Waals surface area contributed by atoms with Crippen LogP contribution in [0.2, 0.25) is 0 Å². The summed E-state index contributed by atoms with van der Waals surface area (Å²) in [6.45, 7) is 0.426. The van der Waals surface area contributed by atoms with E-state index < -0.39 is 17.4 Å². The maximum absolute atomic E-state index is 12.7. The van der Waals surface area contributed by atoms with E-state index in [-0.39, 0.29) is 70.9 Å². The number of carboxylic acids is 1. The van der Waals surface area contributed by atoms with Crippen molar-refractivity contribution >= 4 is 11.9 Å². The zero-order chi connectivity index (χ0) is 14.5. The fourth-order valence-corrected chi connectivity index (χ4v) is 1.56. The number of nitrogens with zero attached hydrogens (tertiary/aromatic N) is 2. The maximum Gasteiger partial charge on any atom is 1.00 e. The summed E-state index contributed by atoms with van der Waals surface area (Å²) in [4.78, 5) is 17.7. The number of hydrogen-bond donors (Lipinski definition) is 1. The molecule has 0 fully saturated rings. The number of carbonyl (C=O) groups is 1. The topological polar surface area (TPSA) is 101 Å². The molecule has 0 bridgehead atoms. The predicted molar refractivity (Wildman–Crippen MR) is 64.4 cm³/mol. The Balaban J connectivity index is 0.00000220. The van der Waals surface area contributed by atoms with Crippen LogP contribution in [0.3, 0.4) is 0 Å². The molecule has 1 heterocycles. The van der Waals surface area contributed by atoms with E-state index in [1.165, 1.54) is 12.1 Å². The Bertz CT molecular complexity index is 626. The number of halogens is 1. The molecule has 1 N–H and O–H groups in total. The summed E-state index contributed by atoms with van der Waals surface area (Å²) in [6.07, 6.45) is 1.49. The SMILES string of the molecule is O=C([O-])c1cnc(NCCc2ccc(F)cc2)nc1[O-].[Na+].[Na+]. The number of anilines is 1. The molecular formula is C13H10FN3Na2O3. The molecule has 0 atom stereocenters. The number of carboxylic acid groups (broad SMARTS) is 1. The Kier molecular flexibility index (Phi) is 9.82. The summed E-state index contributed by atoms with van der Waals surface area (Å²) in [7, 11) is 0. The van der Waals surface area contributed by atoms with Gasteiger partial charge in [0.15, 0.2) is 0 Å². The van der Waals surface area contributed by atoms with E-state index in [1.54, 1.807) is 12.1 Å². The number of hydrogen-bond acceptors (Lipinski definition) is 6. The number of nitrogens with one attached hydrogen (secondary N) is 1. The standard InChI is InChI=1S/C13H12FN3O3.2Na/c14-9-3-1-8(2-4-9)5-6-15-13-16-7-10(12(19)20)11(18)17-13;;/h1-4,7H,5-6H2,(H,19,20)(H2,15,16,17,18);;/q;2*+1/p-2. The van der Waals surface area contributed by atoms with Gasteiger partial charge < -0.3 is 20.3 Å². The molecule has 1 aromatic carbocycles. The molecule has 6 nitrogen and oxygen atoms in total. The van der Waals surface area contributed by atoms with Crippen LogP contribution in [-0.4, -0.2) is 22.5 Å². The van der Waals surface area contributed by atoms with Gasteiger partial charge in [-0.2, -0.15) is 0 Å². The van der Waals surface area contributed by atoms with Gasteiger partial charge in [-0.1, -0.05) is 12.1 Å². The number of carbonyl (C=O) groups excluding carboxylic acids is 1. The van der Waals surface area contributed by atoms with Gasteiger partial charge in [0.2, 0.25) is 5.95 Å². The van der Waals surface area contributed by atoms with Crippen LogP contribution in [-0.2, 0) is 6.42 Å². The molecule has 0 saturated heterocycles. The third-order valence-electron chi connectivity index (χ3n) is 2.58. The fourth-order valence-electron chi connectivity index (χ4n) is 1.56. The van der Waals surface area contributed by atoms with E-state index in [0.717, 1.165) is 11.8 Å². The molecule has 1 aromatic heterocycles. The van der Waals surface area contributed by atoms with Gasteiger partial charge in [0.25, 0.3) is 0 Å². The van der Waals surface area contributed by atoms with Gasteiger partial charge in [0.05, 0.1) is 5.97 Å². The van der Waals surface area contributed by atoms with E-state index in [4.69, 9.17) is 0 Å². The summed E-state index contributed by atoms with van der Waals surface area (Å²) >= 11 is 0. The predicted octanol–water partition coefficient (Wildman–Crippen LogP) is -6.28.